The van der Waals surface area contributed by atoms with Crippen LogP contribution in [0, 0.1) is 5.92 Å². The second-order valence-corrected chi connectivity index (χ2v) is 9.97. The highest BCUT2D eigenvalue weighted by atomic mass is 32.1. The summed E-state index contributed by atoms with van der Waals surface area (Å²) >= 11 is 1.61. The van der Waals surface area contributed by atoms with Crippen LogP contribution >= 0.6 is 11.3 Å². The van der Waals surface area contributed by atoms with E-state index in [2.05, 4.69) is 30.2 Å². The molecule has 1 aliphatic rings. The van der Waals surface area contributed by atoms with E-state index < -0.39 is 6.04 Å². The van der Waals surface area contributed by atoms with Gasteiger partial charge in [0.1, 0.15) is 6.04 Å². The van der Waals surface area contributed by atoms with E-state index in [1.165, 1.54) is 0 Å². The summed E-state index contributed by atoms with van der Waals surface area (Å²) in [5.41, 5.74) is 3.66. The Morgan fingerprint density at radius 2 is 1.85 bits per heavy atom. The number of nitrogens with zero attached hydrogens (tertiary/aromatic N) is 1. The molecule has 6 heteroatoms. The number of benzene rings is 2. The molecule has 0 saturated heterocycles. The summed E-state index contributed by atoms with van der Waals surface area (Å²) in [5.74, 6) is 0.0588. The number of aromatic amines is 1. The summed E-state index contributed by atoms with van der Waals surface area (Å²) in [5, 5.41) is 6.16. The molecule has 4 aromatic rings. The zero-order chi connectivity index (χ0) is 22.9. The van der Waals surface area contributed by atoms with Gasteiger partial charge in [0.2, 0.25) is 5.91 Å². The lowest BCUT2D eigenvalue weighted by molar-refractivity contribution is -0.126. The lowest BCUT2D eigenvalue weighted by atomic mass is 9.95. The third kappa shape index (κ3) is 3.95. The molecule has 0 radical (unpaired) electrons. The molecule has 2 aromatic carbocycles. The van der Waals surface area contributed by atoms with E-state index in [1.807, 2.05) is 71.1 Å². The molecule has 2 unspecified atom stereocenters. The molecule has 168 valence electrons. The van der Waals surface area contributed by atoms with Crippen molar-refractivity contribution in [3.8, 4) is 0 Å². The van der Waals surface area contributed by atoms with Crippen molar-refractivity contribution >= 4 is 34.1 Å². The predicted octanol–water partition coefficient (Wildman–Crippen LogP) is 5.51. The number of rotatable bonds is 7. The molecule has 5 nitrogen and oxygen atoms in total. The first-order chi connectivity index (χ1) is 16.0. The molecule has 33 heavy (non-hydrogen) atoms. The minimum absolute atomic E-state index is 0.0854. The van der Waals surface area contributed by atoms with Crippen molar-refractivity contribution in [1.29, 1.82) is 0 Å². The number of aromatic nitrogens is 1. The molecule has 2 atom stereocenters. The third-order valence-electron chi connectivity index (χ3n) is 6.26. The molecule has 0 fully saturated rings. The Morgan fingerprint density at radius 3 is 2.64 bits per heavy atom. The number of carbonyl (C=O) groups is 2. The van der Waals surface area contributed by atoms with Gasteiger partial charge in [0.15, 0.2) is 0 Å². The monoisotopic (exact) mass is 457 g/mol. The van der Waals surface area contributed by atoms with Crippen molar-refractivity contribution in [3.05, 3.63) is 93.8 Å². The largest absolute Gasteiger partial charge is 0.361 e. The standard InChI is InChI=1S/C27H27N3O2S/c1-17(2)14-24(26(31)29-15-18-8-7-13-33-18)30-25(20-10-3-4-11-21(20)27(30)32)22-16-28-23-12-6-5-9-19(22)23/h3-13,16-17,24-25,28H,14-15H2,1-2H3,(H,29,31). The van der Waals surface area contributed by atoms with Crippen molar-refractivity contribution in [2.75, 3.05) is 0 Å². The van der Waals surface area contributed by atoms with E-state index in [0.29, 0.717) is 18.5 Å². The fourth-order valence-corrected chi connectivity index (χ4v) is 5.44. The van der Waals surface area contributed by atoms with Crippen molar-refractivity contribution in [3.63, 3.8) is 0 Å². The van der Waals surface area contributed by atoms with E-state index in [-0.39, 0.29) is 23.8 Å². The van der Waals surface area contributed by atoms with Crippen molar-refractivity contribution in [2.24, 2.45) is 5.92 Å². The Kier molecular flexibility index (Phi) is 5.77. The summed E-state index contributed by atoms with van der Waals surface area (Å²) in [7, 11) is 0. The molecule has 2 amide bonds. The summed E-state index contributed by atoms with van der Waals surface area (Å²) < 4.78 is 0. The van der Waals surface area contributed by atoms with Crippen LogP contribution in [0.1, 0.15) is 52.7 Å². The minimum Gasteiger partial charge on any atom is -0.361 e. The van der Waals surface area contributed by atoms with Gasteiger partial charge in [-0.25, -0.2) is 0 Å². The van der Waals surface area contributed by atoms with Gasteiger partial charge in [-0.3, -0.25) is 9.59 Å². The van der Waals surface area contributed by atoms with Gasteiger partial charge >= 0.3 is 0 Å². The molecule has 2 N–H and O–H groups in total. The zero-order valence-corrected chi connectivity index (χ0v) is 19.6. The number of thiophene rings is 1. The van der Waals surface area contributed by atoms with Gasteiger partial charge in [0.25, 0.3) is 5.91 Å². The Labute approximate surface area is 197 Å². The van der Waals surface area contributed by atoms with Gasteiger partial charge in [-0.05, 0) is 41.5 Å². The molecule has 0 aliphatic carbocycles. The van der Waals surface area contributed by atoms with Crippen LogP contribution in [-0.2, 0) is 11.3 Å². The van der Waals surface area contributed by atoms with Crippen molar-refractivity contribution < 1.29 is 9.59 Å². The van der Waals surface area contributed by atoms with Crippen LogP contribution in [0.5, 0.6) is 0 Å². The van der Waals surface area contributed by atoms with Crippen LogP contribution in [0.25, 0.3) is 10.9 Å². The van der Waals surface area contributed by atoms with Crippen LogP contribution in [0.3, 0.4) is 0 Å². The lowest BCUT2D eigenvalue weighted by Crippen LogP contribution is -2.49. The topological polar surface area (TPSA) is 65.2 Å². The average molecular weight is 458 g/mol. The molecule has 5 rings (SSSR count). The molecule has 0 bridgehead atoms. The van der Waals surface area contributed by atoms with Crippen LogP contribution in [0.15, 0.2) is 72.2 Å². The Morgan fingerprint density at radius 1 is 1.06 bits per heavy atom. The Hall–Kier alpha value is -3.38. The van der Waals surface area contributed by atoms with Crippen molar-refractivity contribution in [2.45, 2.75) is 38.9 Å². The Balaban J connectivity index is 1.57. The van der Waals surface area contributed by atoms with Crippen LogP contribution < -0.4 is 5.32 Å². The first-order valence-corrected chi connectivity index (χ1v) is 12.2. The highest BCUT2D eigenvalue weighted by Gasteiger charge is 2.44. The normalized spacial score (nSPS) is 16.4. The van der Waals surface area contributed by atoms with Crippen LogP contribution in [0.2, 0.25) is 0 Å². The minimum atomic E-state index is -0.566. The number of hydrogen-bond donors (Lipinski definition) is 2. The van der Waals surface area contributed by atoms with Gasteiger partial charge in [-0.2, -0.15) is 0 Å². The van der Waals surface area contributed by atoms with Crippen molar-refractivity contribution in [1.82, 2.24) is 15.2 Å². The fourth-order valence-electron chi connectivity index (χ4n) is 4.79. The third-order valence-corrected chi connectivity index (χ3v) is 7.14. The number of fused-ring (bicyclic) bond motifs is 2. The highest BCUT2D eigenvalue weighted by molar-refractivity contribution is 7.09. The van der Waals surface area contributed by atoms with Crippen LogP contribution in [-0.4, -0.2) is 27.7 Å². The molecule has 0 saturated carbocycles. The number of hydrogen-bond acceptors (Lipinski definition) is 3. The maximum Gasteiger partial charge on any atom is 0.255 e. The molecule has 2 aromatic heterocycles. The van der Waals surface area contributed by atoms with Crippen LogP contribution in [0.4, 0.5) is 0 Å². The molecular formula is C27H27N3O2S. The second-order valence-electron chi connectivity index (χ2n) is 8.93. The summed E-state index contributed by atoms with van der Waals surface area (Å²) in [6.45, 7) is 4.65. The van der Waals surface area contributed by atoms with E-state index in [0.717, 1.165) is 26.9 Å². The highest BCUT2D eigenvalue weighted by Crippen LogP contribution is 2.43. The smallest absolute Gasteiger partial charge is 0.255 e. The molecule has 1 aliphatic heterocycles. The summed E-state index contributed by atoms with van der Waals surface area (Å²) in [4.78, 5) is 33.5. The lowest BCUT2D eigenvalue weighted by Gasteiger charge is -2.34. The van der Waals surface area contributed by atoms with E-state index in [9.17, 15) is 9.59 Å². The number of amides is 2. The Bertz CT molecular complexity index is 1290. The predicted molar refractivity (Wildman–Crippen MR) is 132 cm³/mol. The maximum absolute atomic E-state index is 13.7. The number of carbonyl (C=O) groups excluding carboxylic acids is 2. The summed E-state index contributed by atoms with van der Waals surface area (Å²) in [6.07, 6.45) is 2.57. The SMILES string of the molecule is CC(C)CC(C(=O)NCc1cccs1)N1C(=O)c2ccccc2C1c1c[nH]c2ccccc12. The first kappa shape index (κ1) is 21.5. The van der Waals surface area contributed by atoms with Gasteiger partial charge in [-0.1, -0.05) is 56.3 Å². The van der Waals surface area contributed by atoms with Gasteiger partial charge in [0.05, 0.1) is 12.6 Å². The van der Waals surface area contributed by atoms with E-state index >= 15 is 0 Å². The van der Waals surface area contributed by atoms with Gasteiger partial charge < -0.3 is 15.2 Å². The van der Waals surface area contributed by atoms with E-state index in [4.69, 9.17) is 0 Å². The maximum atomic E-state index is 13.7. The summed E-state index contributed by atoms with van der Waals surface area (Å²) in [6, 6.07) is 18.9. The quantitative estimate of drug-likeness (QED) is 0.385. The number of H-pyrrole nitrogens is 1. The second kappa shape index (κ2) is 8.87. The fraction of sp³-hybridized carbons (Fsp3) is 0.259. The van der Waals surface area contributed by atoms with Gasteiger partial charge in [0, 0.05) is 33.1 Å². The average Bonchev–Trinajstić information content (AvgIpc) is 3.54. The zero-order valence-electron chi connectivity index (χ0n) is 18.7. The first-order valence-electron chi connectivity index (χ1n) is 11.3. The molecular weight excluding hydrogens is 430 g/mol. The number of nitrogens with one attached hydrogen (secondary N) is 2. The number of para-hydroxylation sites is 1. The molecule has 3 heterocycles. The van der Waals surface area contributed by atoms with Gasteiger partial charge in [-0.15, -0.1) is 11.3 Å². The molecule has 0 spiro atoms. The van der Waals surface area contributed by atoms with E-state index in [1.54, 1.807) is 11.3 Å².